The standard InChI is InChI=1S/C13H22N4O2.ClH/c1-8(2)13-16-12(19-17-13)6-5-11(18)15-7-10(14)9-3-4-9;/h8-10H,3-7,14H2,1-2H3,(H,15,18);1H. The molecule has 20 heavy (non-hydrogen) atoms. The van der Waals surface area contributed by atoms with Crippen molar-refractivity contribution in [3.8, 4) is 0 Å². The van der Waals surface area contributed by atoms with Crippen molar-refractivity contribution in [2.45, 2.75) is 51.5 Å². The van der Waals surface area contributed by atoms with Crippen LogP contribution in [0.15, 0.2) is 4.52 Å². The summed E-state index contributed by atoms with van der Waals surface area (Å²) in [5.74, 6) is 2.03. The monoisotopic (exact) mass is 302 g/mol. The number of nitrogens with one attached hydrogen (secondary N) is 1. The van der Waals surface area contributed by atoms with Crippen LogP contribution in [0.5, 0.6) is 0 Å². The Morgan fingerprint density at radius 3 is 2.75 bits per heavy atom. The van der Waals surface area contributed by atoms with E-state index in [4.69, 9.17) is 10.3 Å². The Morgan fingerprint density at radius 2 is 2.20 bits per heavy atom. The number of hydrogen-bond donors (Lipinski definition) is 2. The largest absolute Gasteiger partial charge is 0.355 e. The number of nitrogens with zero attached hydrogens (tertiary/aromatic N) is 2. The summed E-state index contributed by atoms with van der Waals surface area (Å²) in [4.78, 5) is 15.9. The molecular formula is C13H23ClN4O2. The Morgan fingerprint density at radius 1 is 1.50 bits per heavy atom. The van der Waals surface area contributed by atoms with Crippen molar-refractivity contribution in [1.82, 2.24) is 15.5 Å². The van der Waals surface area contributed by atoms with Gasteiger partial charge in [-0.3, -0.25) is 4.79 Å². The molecule has 7 heteroatoms. The van der Waals surface area contributed by atoms with Crippen LogP contribution in [-0.2, 0) is 11.2 Å². The van der Waals surface area contributed by atoms with Crippen LogP contribution >= 0.6 is 12.4 Å². The normalized spacial score (nSPS) is 15.8. The average molecular weight is 303 g/mol. The van der Waals surface area contributed by atoms with Crippen LogP contribution in [0.4, 0.5) is 0 Å². The molecule has 0 spiro atoms. The van der Waals surface area contributed by atoms with E-state index in [9.17, 15) is 4.79 Å². The molecule has 1 fully saturated rings. The van der Waals surface area contributed by atoms with Gasteiger partial charge in [0.15, 0.2) is 5.82 Å². The molecule has 3 N–H and O–H groups in total. The number of halogens is 1. The van der Waals surface area contributed by atoms with E-state index < -0.39 is 0 Å². The van der Waals surface area contributed by atoms with E-state index in [1.807, 2.05) is 13.8 Å². The predicted octanol–water partition coefficient (Wildman–Crippen LogP) is 1.40. The molecule has 114 valence electrons. The first-order chi connectivity index (χ1) is 9.06. The summed E-state index contributed by atoms with van der Waals surface area (Å²) in [6.45, 7) is 4.56. The van der Waals surface area contributed by atoms with Crippen LogP contribution in [0.2, 0.25) is 0 Å². The maximum absolute atomic E-state index is 11.6. The Bertz CT molecular complexity index is 432. The molecule has 0 radical (unpaired) electrons. The minimum atomic E-state index is -0.0135. The SMILES string of the molecule is CC(C)c1noc(CCC(=O)NCC(N)C2CC2)n1.Cl. The van der Waals surface area contributed by atoms with Gasteiger partial charge in [0.1, 0.15) is 0 Å². The summed E-state index contributed by atoms with van der Waals surface area (Å²) in [6.07, 6.45) is 3.22. The van der Waals surface area contributed by atoms with Crippen LogP contribution < -0.4 is 11.1 Å². The first-order valence-corrected chi connectivity index (χ1v) is 6.91. The number of nitrogens with two attached hydrogens (primary N) is 1. The second-order valence-corrected chi connectivity index (χ2v) is 5.51. The van der Waals surface area contributed by atoms with Gasteiger partial charge in [-0.1, -0.05) is 19.0 Å². The van der Waals surface area contributed by atoms with Gasteiger partial charge in [-0.2, -0.15) is 4.98 Å². The third-order valence-electron chi connectivity index (χ3n) is 3.33. The smallest absolute Gasteiger partial charge is 0.227 e. The average Bonchev–Trinajstić information content (AvgIpc) is 3.12. The van der Waals surface area contributed by atoms with Gasteiger partial charge in [-0.05, 0) is 18.8 Å². The summed E-state index contributed by atoms with van der Waals surface area (Å²) >= 11 is 0. The highest BCUT2D eigenvalue weighted by Crippen LogP contribution is 2.31. The van der Waals surface area contributed by atoms with Crippen molar-refractivity contribution in [2.75, 3.05) is 6.54 Å². The van der Waals surface area contributed by atoms with Crippen molar-refractivity contribution in [3.63, 3.8) is 0 Å². The summed E-state index contributed by atoms with van der Waals surface area (Å²) in [5, 5.41) is 6.71. The predicted molar refractivity (Wildman–Crippen MR) is 77.7 cm³/mol. The van der Waals surface area contributed by atoms with E-state index in [1.165, 1.54) is 12.8 Å². The molecule has 1 aliphatic carbocycles. The topological polar surface area (TPSA) is 94.0 Å². The molecule has 6 nitrogen and oxygen atoms in total. The van der Waals surface area contributed by atoms with Crippen LogP contribution in [0.1, 0.15) is 50.7 Å². The Labute approximate surface area is 125 Å². The van der Waals surface area contributed by atoms with E-state index >= 15 is 0 Å². The Kier molecular flexibility index (Phi) is 6.42. The molecule has 0 aromatic carbocycles. The first-order valence-electron chi connectivity index (χ1n) is 6.91. The van der Waals surface area contributed by atoms with Crippen molar-refractivity contribution in [1.29, 1.82) is 0 Å². The van der Waals surface area contributed by atoms with Crippen molar-refractivity contribution in [2.24, 2.45) is 11.7 Å². The highest BCUT2D eigenvalue weighted by molar-refractivity contribution is 5.85. The fourth-order valence-corrected chi connectivity index (χ4v) is 1.84. The minimum absolute atomic E-state index is 0. The molecule has 1 amide bonds. The Hall–Kier alpha value is -1.14. The van der Waals surface area contributed by atoms with Gasteiger partial charge in [0.2, 0.25) is 11.8 Å². The number of aromatic nitrogens is 2. The van der Waals surface area contributed by atoms with E-state index in [0.29, 0.717) is 37.0 Å². The number of carbonyl (C=O) groups is 1. The van der Waals surface area contributed by atoms with E-state index in [0.717, 1.165) is 0 Å². The van der Waals surface area contributed by atoms with Gasteiger partial charge in [0.25, 0.3) is 0 Å². The summed E-state index contributed by atoms with van der Waals surface area (Å²) < 4.78 is 5.08. The van der Waals surface area contributed by atoms with Crippen LogP contribution in [0.25, 0.3) is 0 Å². The highest BCUT2D eigenvalue weighted by Gasteiger charge is 2.28. The van der Waals surface area contributed by atoms with Crippen molar-refractivity contribution in [3.05, 3.63) is 11.7 Å². The second kappa shape index (κ2) is 7.59. The maximum atomic E-state index is 11.6. The van der Waals surface area contributed by atoms with E-state index in [-0.39, 0.29) is 30.3 Å². The van der Waals surface area contributed by atoms with E-state index in [1.54, 1.807) is 0 Å². The third-order valence-corrected chi connectivity index (χ3v) is 3.33. The van der Waals surface area contributed by atoms with Gasteiger partial charge in [-0.15, -0.1) is 12.4 Å². The van der Waals surface area contributed by atoms with E-state index in [2.05, 4.69) is 15.5 Å². The van der Waals surface area contributed by atoms with Gasteiger partial charge in [0.05, 0.1) is 0 Å². The lowest BCUT2D eigenvalue weighted by molar-refractivity contribution is -0.121. The molecule has 1 atom stereocenters. The molecule has 1 aliphatic rings. The van der Waals surface area contributed by atoms with Gasteiger partial charge < -0.3 is 15.6 Å². The molecule has 1 aromatic heterocycles. The Balaban J connectivity index is 0.00000200. The molecule has 1 unspecified atom stereocenters. The van der Waals surface area contributed by atoms with Crippen LogP contribution in [0, 0.1) is 5.92 Å². The molecule has 0 aliphatic heterocycles. The lowest BCUT2D eigenvalue weighted by Crippen LogP contribution is -2.38. The van der Waals surface area contributed by atoms with Gasteiger partial charge >= 0.3 is 0 Å². The zero-order valence-corrected chi connectivity index (χ0v) is 12.8. The maximum Gasteiger partial charge on any atom is 0.227 e. The fraction of sp³-hybridized carbons (Fsp3) is 0.769. The zero-order chi connectivity index (χ0) is 13.8. The lowest BCUT2D eigenvalue weighted by atomic mass is 10.2. The third kappa shape index (κ3) is 5.09. The van der Waals surface area contributed by atoms with Crippen molar-refractivity contribution >= 4 is 18.3 Å². The van der Waals surface area contributed by atoms with Gasteiger partial charge in [-0.25, -0.2) is 0 Å². The van der Waals surface area contributed by atoms with Gasteiger partial charge in [0, 0.05) is 31.3 Å². The molecule has 1 saturated carbocycles. The molecule has 0 bridgehead atoms. The lowest BCUT2D eigenvalue weighted by Gasteiger charge is -2.10. The van der Waals surface area contributed by atoms with Crippen LogP contribution in [-0.4, -0.2) is 28.6 Å². The summed E-state index contributed by atoms with van der Waals surface area (Å²) in [5.41, 5.74) is 5.92. The summed E-state index contributed by atoms with van der Waals surface area (Å²) in [7, 11) is 0. The highest BCUT2D eigenvalue weighted by atomic mass is 35.5. The molecule has 2 rings (SSSR count). The number of aryl methyl sites for hydroxylation is 1. The zero-order valence-electron chi connectivity index (χ0n) is 12.0. The number of rotatable bonds is 7. The van der Waals surface area contributed by atoms with Crippen molar-refractivity contribution < 1.29 is 9.32 Å². The molecule has 1 heterocycles. The fourth-order valence-electron chi connectivity index (χ4n) is 1.84. The number of carbonyl (C=O) groups excluding carboxylic acids is 1. The molecule has 1 aromatic rings. The number of amides is 1. The second-order valence-electron chi connectivity index (χ2n) is 5.51. The summed E-state index contributed by atoms with van der Waals surface area (Å²) in [6, 6.07) is 0.0971. The first kappa shape index (κ1) is 16.9. The quantitative estimate of drug-likeness (QED) is 0.794. The minimum Gasteiger partial charge on any atom is -0.355 e. The van der Waals surface area contributed by atoms with Crippen LogP contribution in [0.3, 0.4) is 0 Å². The molecular weight excluding hydrogens is 280 g/mol. The number of hydrogen-bond acceptors (Lipinski definition) is 5. The molecule has 0 saturated heterocycles.